The molecule has 4 aromatic carbocycles. The Bertz CT molecular complexity index is 2780. The van der Waals surface area contributed by atoms with Gasteiger partial charge in [-0.05, 0) is 83.9 Å². The number of pyridine rings is 2. The van der Waals surface area contributed by atoms with Gasteiger partial charge in [0.25, 0.3) is 23.4 Å². The van der Waals surface area contributed by atoms with Crippen LogP contribution in [0.5, 0.6) is 11.5 Å². The number of fused-ring (bicyclic) bond motifs is 2. The van der Waals surface area contributed by atoms with Crippen molar-refractivity contribution in [3.05, 3.63) is 179 Å². The van der Waals surface area contributed by atoms with Gasteiger partial charge in [0.15, 0.2) is 0 Å². The number of methoxy groups -OCH3 is 2. The summed E-state index contributed by atoms with van der Waals surface area (Å²) in [5.74, 6) is -1.57. The van der Waals surface area contributed by atoms with Crippen LogP contribution in [0.4, 0.5) is 11.4 Å². The summed E-state index contributed by atoms with van der Waals surface area (Å²) in [6, 6.07) is 43.5. The first kappa shape index (κ1) is 39.1. The Kier molecular flexibility index (Phi) is 11.7. The van der Waals surface area contributed by atoms with Crippen molar-refractivity contribution in [1.82, 2.24) is 8.80 Å². The predicted molar refractivity (Wildman–Crippen MR) is 228 cm³/mol. The zero-order valence-electron chi connectivity index (χ0n) is 31.1. The molecule has 0 saturated heterocycles. The van der Waals surface area contributed by atoms with Crippen LogP contribution < -0.4 is 20.1 Å². The normalized spacial score (nSPS) is 10.7. The number of ketones is 2. The summed E-state index contributed by atoms with van der Waals surface area (Å²) in [6.07, 6.45) is 3.50. The first-order valence-corrected chi connectivity index (χ1v) is 18.6. The number of rotatable bonds is 10. The highest BCUT2D eigenvalue weighted by Crippen LogP contribution is 2.34. The lowest BCUT2D eigenvalue weighted by Crippen LogP contribution is -2.25. The van der Waals surface area contributed by atoms with E-state index in [-0.39, 0.29) is 27.1 Å². The number of Topliss-reactive ketones (excluding diaryl/α,β-unsaturated/α-hetero) is 2. The lowest BCUT2D eigenvalue weighted by molar-refractivity contribution is -0.113. The standard InChI is InChI=1S/C24H20N2O4.C22H14Cl2N2O2/c1-29-18-12-10-17(11-13-18)25-24(28)23(27)22-19(16-7-4-3-5-8-16)15-20-21(30-2)9-6-14-26(20)22;23-17-10-6-11-18(24)19(17)25-22(28)21(27)20-16(14-7-2-1-3-8-14)13-15-9-4-5-12-26(15)20/h3-15H,1-2H3,(H,25,28);1-13H,(H,25,28). The molecule has 2 N–H and O–H groups in total. The molecule has 0 atom stereocenters. The topological polar surface area (TPSA) is 120 Å². The number of anilines is 2. The van der Waals surface area contributed by atoms with Crippen LogP contribution in [0, 0.1) is 0 Å². The van der Waals surface area contributed by atoms with Gasteiger partial charge in [-0.15, -0.1) is 0 Å². The summed E-state index contributed by atoms with van der Waals surface area (Å²) in [6.45, 7) is 0. The van der Waals surface area contributed by atoms with E-state index >= 15 is 0 Å². The first-order valence-electron chi connectivity index (χ1n) is 17.9. The molecule has 0 aliphatic rings. The number of aromatic nitrogens is 2. The molecule has 0 aliphatic carbocycles. The number of nitrogens with one attached hydrogen (secondary N) is 2. The molecule has 8 rings (SSSR count). The SMILES string of the molecule is COc1ccc(NC(=O)C(=O)c2c(-c3ccccc3)cc3c(OC)cccn23)cc1.O=C(Nc1c(Cl)cccc1Cl)C(=O)c1c(-c2ccccc2)cc2ccccn12. The maximum Gasteiger partial charge on any atom is 0.298 e. The van der Waals surface area contributed by atoms with E-state index in [0.717, 1.165) is 16.6 Å². The van der Waals surface area contributed by atoms with Crippen LogP contribution in [0.15, 0.2) is 158 Å². The lowest BCUT2D eigenvalue weighted by atomic mass is 10.0. The van der Waals surface area contributed by atoms with Gasteiger partial charge in [-0.3, -0.25) is 19.2 Å². The highest BCUT2D eigenvalue weighted by atomic mass is 35.5. The van der Waals surface area contributed by atoms with Crippen molar-refractivity contribution in [3.63, 3.8) is 0 Å². The number of benzene rings is 4. The fourth-order valence-electron chi connectivity index (χ4n) is 6.47. The summed E-state index contributed by atoms with van der Waals surface area (Å²) in [5.41, 5.74) is 5.82. The van der Waals surface area contributed by atoms with Crippen LogP contribution in [-0.4, -0.2) is 46.4 Å². The molecular formula is C46H34Cl2N4O6. The first-order chi connectivity index (χ1) is 28.2. The smallest absolute Gasteiger partial charge is 0.298 e. The molecule has 2 amide bonds. The molecule has 0 fully saturated rings. The Morgan fingerprint density at radius 2 is 1.09 bits per heavy atom. The van der Waals surface area contributed by atoms with Gasteiger partial charge in [0.1, 0.15) is 22.9 Å². The molecule has 0 aliphatic heterocycles. The Morgan fingerprint density at radius 3 is 1.69 bits per heavy atom. The van der Waals surface area contributed by atoms with E-state index in [9.17, 15) is 19.2 Å². The molecule has 0 bridgehead atoms. The largest absolute Gasteiger partial charge is 0.497 e. The van der Waals surface area contributed by atoms with Crippen molar-refractivity contribution in [2.45, 2.75) is 0 Å². The minimum atomic E-state index is -0.809. The van der Waals surface area contributed by atoms with E-state index < -0.39 is 23.4 Å². The van der Waals surface area contributed by atoms with Crippen LogP contribution in [0.3, 0.4) is 0 Å². The van der Waals surface area contributed by atoms with Gasteiger partial charge in [0.05, 0.1) is 35.5 Å². The van der Waals surface area contributed by atoms with Gasteiger partial charge in [-0.2, -0.15) is 0 Å². The molecule has 4 heterocycles. The fraction of sp³-hybridized carbons (Fsp3) is 0.0435. The van der Waals surface area contributed by atoms with Crippen LogP contribution in [0.2, 0.25) is 10.0 Å². The van der Waals surface area contributed by atoms with Gasteiger partial charge < -0.3 is 28.9 Å². The van der Waals surface area contributed by atoms with Crippen molar-refractivity contribution in [2.24, 2.45) is 0 Å². The maximum absolute atomic E-state index is 13.2. The predicted octanol–water partition coefficient (Wildman–Crippen LogP) is 10.2. The quantitative estimate of drug-likeness (QED) is 0.105. The second-order valence-corrected chi connectivity index (χ2v) is 13.6. The van der Waals surface area contributed by atoms with Gasteiger partial charge in [-0.1, -0.05) is 96.0 Å². The zero-order valence-corrected chi connectivity index (χ0v) is 32.6. The van der Waals surface area contributed by atoms with E-state index in [4.69, 9.17) is 32.7 Å². The molecule has 8 aromatic rings. The number of carbonyl (C=O) groups is 4. The number of halogens is 2. The molecule has 0 spiro atoms. The van der Waals surface area contributed by atoms with E-state index in [2.05, 4.69) is 10.6 Å². The minimum Gasteiger partial charge on any atom is -0.497 e. The molecule has 58 heavy (non-hydrogen) atoms. The van der Waals surface area contributed by atoms with Crippen LogP contribution in [-0.2, 0) is 9.59 Å². The molecular weight excluding hydrogens is 775 g/mol. The van der Waals surface area contributed by atoms with Crippen LogP contribution in [0.25, 0.3) is 33.3 Å². The van der Waals surface area contributed by atoms with Crippen LogP contribution >= 0.6 is 23.2 Å². The van der Waals surface area contributed by atoms with E-state index in [1.807, 2.05) is 91.0 Å². The third kappa shape index (κ3) is 8.06. The van der Waals surface area contributed by atoms with Gasteiger partial charge >= 0.3 is 0 Å². The summed E-state index contributed by atoms with van der Waals surface area (Å²) in [5, 5.41) is 5.73. The second-order valence-electron chi connectivity index (χ2n) is 12.8. The lowest BCUT2D eigenvalue weighted by Gasteiger charge is -2.10. The van der Waals surface area contributed by atoms with Crippen molar-refractivity contribution in [3.8, 4) is 33.8 Å². The summed E-state index contributed by atoms with van der Waals surface area (Å²) >= 11 is 12.2. The number of ether oxygens (including phenoxy) is 2. The zero-order chi connectivity index (χ0) is 40.8. The molecule has 4 aromatic heterocycles. The summed E-state index contributed by atoms with van der Waals surface area (Å²) in [7, 11) is 3.14. The highest BCUT2D eigenvalue weighted by Gasteiger charge is 2.27. The van der Waals surface area contributed by atoms with Gasteiger partial charge in [-0.25, -0.2) is 0 Å². The van der Waals surface area contributed by atoms with E-state index in [1.165, 1.54) is 0 Å². The van der Waals surface area contributed by atoms with Crippen molar-refractivity contribution in [2.75, 3.05) is 24.9 Å². The molecule has 0 radical (unpaired) electrons. The Morgan fingerprint density at radius 1 is 0.534 bits per heavy atom. The maximum atomic E-state index is 13.2. The van der Waals surface area contributed by atoms with Crippen molar-refractivity contribution < 1.29 is 28.7 Å². The fourth-order valence-corrected chi connectivity index (χ4v) is 6.96. The summed E-state index contributed by atoms with van der Waals surface area (Å²) in [4.78, 5) is 51.9. The number of amides is 2. The number of hydrogen-bond donors (Lipinski definition) is 2. The Labute approximate surface area is 343 Å². The number of carbonyl (C=O) groups excluding carboxylic acids is 4. The van der Waals surface area contributed by atoms with Gasteiger partial charge in [0.2, 0.25) is 0 Å². The summed E-state index contributed by atoms with van der Waals surface area (Å²) < 4.78 is 14.0. The average molecular weight is 810 g/mol. The third-order valence-electron chi connectivity index (χ3n) is 9.23. The number of hydrogen-bond acceptors (Lipinski definition) is 6. The third-order valence-corrected chi connectivity index (χ3v) is 9.86. The van der Waals surface area contributed by atoms with Crippen molar-refractivity contribution >= 4 is 69.0 Å². The average Bonchev–Trinajstić information content (AvgIpc) is 3.85. The number of nitrogens with zero attached hydrogens (tertiary/aromatic N) is 2. The van der Waals surface area contributed by atoms with E-state index in [1.54, 1.807) is 90.0 Å². The molecule has 0 saturated carbocycles. The molecule has 0 unspecified atom stereocenters. The molecule has 12 heteroatoms. The minimum absolute atomic E-state index is 0.214. The van der Waals surface area contributed by atoms with Crippen LogP contribution in [0.1, 0.15) is 21.0 Å². The molecule has 10 nitrogen and oxygen atoms in total. The Hall–Kier alpha value is -7.14. The van der Waals surface area contributed by atoms with E-state index in [0.29, 0.717) is 33.8 Å². The number of para-hydroxylation sites is 1. The molecule has 288 valence electrons. The second kappa shape index (κ2) is 17.3. The van der Waals surface area contributed by atoms with Crippen molar-refractivity contribution in [1.29, 1.82) is 0 Å². The van der Waals surface area contributed by atoms with Gasteiger partial charge in [0, 0.05) is 34.7 Å². The highest BCUT2D eigenvalue weighted by molar-refractivity contribution is 6.49. The Balaban J connectivity index is 0.000000177. The monoisotopic (exact) mass is 808 g/mol.